The zero-order valence-corrected chi connectivity index (χ0v) is 11.7. The fraction of sp³-hybridized carbons (Fsp3) is 0.231. The van der Waals surface area contributed by atoms with Crippen LogP contribution in [0.1, 0.15) is 29.1 Å². The van der Waals surface area contributed by atoms with Crippen molar-refractivity contribution in [3.05, 3.63) is 41.2 Å². The summed E-state index contributed by atoms with van der Waals surface area (Å²) >= 11 is 1.26. The molecule has 2 aromatic rings. The Hall–Kier alpha value is -2.12. The Labute approximate surface area is 120 Å². The first-order valence-electron chi connectivity index (χ1n) is 6.02. The molecule has 1 atom stereocenters. The van der Waals surface area contributed by atoms with Crippen molar-refractivity contribution < 1.29 is 14.0 Å². The van der Waals surface area contributed by atoms with Crippen LogP contribution in [0, 0.1) is 0 Å². The third-order valence-corrected chi connectivity index (χ3v) is 3.55. The topological polar surface area (TPSA) is 97.4 Å². The number of hydrogen-bond donors (Lipinski definition) is 3. The van der Waals surface area contributed by atoms with E-state index in [4.69, 9.17) is 10.2 Å². The lowest BCUT2D eigenvalue weighted by molar-refractivity contribution is -0.115. The van der Waals surface area contributed by atoms with Crippen LogP contribution in [0.2, 0.25) is 0 Å². The van der Waals surface area contributed by atoms with Gasteiger partial charge in [0.15, 0.2) is 0 Å². The molecule has 0 radical (unpaired) electrons. The molecule has 0 fully saturated rings. The zero-order chi connectivity index (χ0) is 14.5. The summed E-state index contributed by atoms with van der Waals surface area (Å²) in [6.45, 7) is 2.00. The molecule has 0 saturated heterocycles. The van der Waals surface area contributed by atoms with Gasteiger partial charge in [-0.2, -0.15) is 0 Å². The van der Waals surface area contributed by atoms with Crippen LogP contribution in [0.15, 0.2) is 34.3 Å². The van der Waals surface area contributed by atoms with Crippen LogP contribution in [-0.2, 0) is 4.79 Å². The smallest absolute Gasteiger partial charge is 0.251 e. The Morgan fingerprint density at radius 3 is 2.90 bits per heavy atom. The Morgan fingerprint density at radius 2 is 2.25 bits per heavy atom. The molecular weight excluding hydrogens is 278 g/mol. The van der Waals surface area contributed by atoms with E-state index < -0.39 is 5.91 Å². The van der Waals surface area contributed by atoms with E-state index in [-0.39, 0.29) is 18.5 Å². The van der Waals surface area contributed by atoms with E-state index in [9.17, 15) is 9.59 Å². The van der Waals surface area contributed by atoms with Crippen molar-refractivity contribution in [2.24, 2.45) is 5.73 Å². The maximum atomic E-state index is 11.8. The normalized spacial score (nSPS) is 12.1. The van der Waals surface area contributed by atoms with Crippen molar-refractivity contribution in [1.29, 1.82) is 0 Å². The molecule has 106 valence electrons. The van der Waals surface area contributed by atoms with Crippen LogP contribution in [0.5, 0.6) is 0 Å². The van der Waals surface area contributed by atoms with E-state index in [1.807, 2.05) is 13.0 Å². The molecule has 2 aromatic heterocycles. The molecule has 0 saturated carbocycles. The van der Waals surface area contributed by atoms with Crippen LogP contribution in [0.25, 0.3) is 0 Å². The molecule has 0 aliphatic rings. The van der Waals surface area contributed by atoms with Gasteiger partial charge in [-0.25, -0.2) is 0 Å². The van der Waals surface area contributed by atoms with Gasteiger partial charge in [0, 0.05) is 0 Å². The summed E-state index contributed by atoms with van der Waals surface area (Å²) in [5, 5.41) is 7.86. The van der Waals surface area contributed by atoms with Gasteiger partial charge in [-0.3, -0.25) is 14.9 Å². The first-order valence-corrected chi connectivity index (χ1v) is 6.90. The van der Waals surface area contributed by atoms with Gasteiger partial charge in [0.25, 0.3) is 5.91 Å². The maximum absolute atomic E-state index is 11.8. The standard InChI is InChI=1S/C13H15N3O3S/c1-8(10-3-2-5-19-10)15-7-11(17)16-13-9(12(14)18)4-6-20-13/h2-6,8,15H,7H2,1H3,(H2,14,18)(H,16,17)/t8-/m1/s1. The second-order valence-electron chi connectivity index (χ2n) is 4.19. The van der Waals surface area contributed by atoms with Crippen molar-refractivity contribution in [2.75, 3.05) is 11.9 Å². The van der Waals surface area contributed by atoms with E-state index in [0.717, 1.165) is 5.76 Å². The minimum Gasteiger partial charge on any atom is -0.468 e. The van der Waals surface area contributed by atoms with Gasteiger partial charge in [-0.1, -0.05) is 0 Å². The molecule has 0 unspecified atom stereocenters. The van der Waals surface area contributed by atoms with E-state index in [2.05, 4.69) is 10.6 Å². The molecule has 4 N–H and O–H groups in total. The molecule has 2 rings (SSSR count). The van der Waals surface area contributed by atoms with Gasteiger partial charge in [0.2, 0.25) is 5.91 Å². The highest BCUT2D eigenvalue weighted by atomic mass is 32.1. The highest BCUT2D eigenvalue weighted by Gasteiger charge is 2.14. The molecule has 7 heteroatoms. The lowest BCUT2D eigenvalue weighted by Gasteiger charge is -2.11. The molecule has 2 heterocycles. The van der Waals surface area contributed by atoms with Gasteiger partial charge in [0.1, 0.15) is 10.8 Å². The number of furan rings is 1. The Morgan fingerprint density at radius 1 is 1.45 bits per heavy atom. The monoisotopic (exact) mass is 293 g/mol. The second kappa shape index (κ2) is 6.36. The number of nitrogens with one attached hydrogen (secondary N) is 2. The molecule has 6 nitrogen and oxygen atoms in total. The van der Waals surface area contributed by atoms with E-state index in [1.165, 1.54) is 11.3 Å². The summed E-state index contributed by atoms with van der Waals surface area (Å²) in [7, 11) is 0. The van der Waals surface area contributed by atoms with Gasteiger partial charge in [-0.15, -0.1) is 11.3 Å². The summed E-state index contributed by atoms with van der Waals surface area (Å²) in [5.74, 6) is -0.0430. The fourth-order valence-corrected chi connectivity index (χ4v) is 2.46. The van der Waals surface area contributed by atoms with E-state index >= 15 is 0 Å². The quantitative estimate of drug-likeness (QED) is 0.755. The molecule has 0 aromatic carbocycles. The number of thiophene rings is 1. The minimum absolute atomic E-state index is 0.0744. The molecule has 20 heavy (non-hydrogen) atoms. The molecule has 0 aliphatic carbocycles. The van der Waals surface area contributed by atoms with Gasteiger partial charge in [0.05, 0.1) is 24.4 Å². The number of carbonyl (C=O) groups excluding carboxylic acids is 2. The predicted octanol–water partition coefficient (Wildman–Crippen LogP) is 1.73. The Kier molecular flexibility index (Phi) is 4.54. The van der Waals surface area contributed by atoms with Crippen LogP contribution < -0.4 is 16.4 Å². The van der Waals surface area contributed by atoms with Crippen LogP contribution >= 0.6 is 11.3 Å². The summed E-state index contributed by atoms with van der Waals surface area (Å²) in [6.07, 6.45) is 1.58. The molecule has 0 spiro atoms. The third-order valence-electron chi connectivity index (χ3n) is 2.72. The molecular formula is C13H15N3O3S. The largest absolute Gasteiger partial charge is 0.468 e. The first kappa shape index (κ1) is 14.3. The summed E-state index contributed by atoms with van der Waals surface area (Å²) in [6, 6.07) is 5.13. The number of carbonyl (C=O) groups is 2. The second-order valence-corrected chi connectivity index (χ2v) is 5.11. The summed E-state index contributed by atoms with van der Waals surface area (Å²) in [5.41, 5.74) is 5.53. The van der Waals surface area contributed by atoms with Gasteiger partial charge in [-0.05, 0) is 30.5 Å². The maximum Gasteiger partial charge on any atom is 0.251 e. The minimum atomic E-state index is -0.557. The van der Waals surface area contributed by atoms with Gasteiger partial charge < -0.3 is 15.5 Å². The Bertz CT molecular complexity index is 592. The van der Waals surface area contributed by atoms with Crippen LogP contribution in [0.4, 0.5) is 5.00 Å². The average molecular weight is 293 g/mol. The third kappa shape index (κ3) is 3.46. The Balaban J connectivity index is 1.87. The summed E-state index contributed by atoms with van der Waals surface area (Å²) in [4.78, 5) is 22.9. The molecule has 2 amide bonds. The lowest BCUT2D eigenvalue weighted by Crippen LogP contribution is -2.30. The first-order chi connectivity index (χ1) is 9.58. The van der Waals surface area contributed by atoms with Gasteiger partial charge >= 0.3 is 0 Å². The number of nitrogens with two attached hydrogens (primary N) is 1. The molecule has 0 aliphatic heterocycles. The van der Waals surface area contributed by atoms with Crippen molar-refractivity contribution >= 4 is 28.2 Å². The van der Waals surface area contributed by atoms with Crippen molar-refractivity contribution in [3.8, 4) is 0 Å². The lowest BCUT2D eigenvalue weighted by atomic mass is 10.2. The average Bonchev–Trinajstić information content (AvgIpc) is 3.06. The van der Waals surface area contributed by atoms with Crippen molar-refractivity contribution in [1.82, 2.24) is 5.32 Å². The SMILES string of the molecule is C[C@@H](NCC(=O)Nc1sccc1C(N)=O)c1ccco1. The number of rotatable bonds is 6. The highest BCUT2D eigenvalue weighted by molar-refractivity contribution is 7.14. The van der Waals surface area contributed by atoms with Crippen LogP contribution in [-0.4, -0.2) is 18.4 Å². The highest BCUT2D eigenvalue weighted by Crippen LogP contribution is 2.22. The van der Waals surface area contributed by atoms with Crippen molar-refractivity contribution in [2.45, 2.75) is 13.0 Å². The zero-order valence-electron chi connectivity index (χ0n) is 10.9. The van der Waals surface area contributed by atoms with Crippen LogP contribution in [0.3, 0.4) is 0 Å². The number of hydrogen-bond acceptors (Lipinski definition) is 5. The van der Waals surface area contributed by atoms with Crippen molar-refractivity contribution in [3.63, 3.8) is 0 Å². The number of anilines is 1. The fourth-order valence-electron chi connectivity index (χ4n) is 1.65. The number of amides is 2. The van der Waals surface area contributed by atoms with E-state index in [0.29, 0.717) is 10.6 Å². The van der Waals surface area contributed by atoms with E-state index in [1.54, 1.807) is 23.8 Å². The molecule has 0 bridgehead atoms. The summed E-state index contributed by atoms with van der Waals surface area (Å²) < 4.78 is 5.23. The predicted molar refractivity (Wildman–Crippen MR) is 76.6 cm³/mol. The number of primary amides is 1.